The Morgan fingerprint density at radius 3 is 2.83 bits per heavy atom. The summed E-state index contributed by atoms with van der Waals surface area (Å²) in [5, 5.41) is 18.7. The number of aromatic nitrogens is 5. The van der Waals surface area contributed by atoms with E-state index in [1.54, 1.807) is 18.3 Å². The second-order valence-corrected chi connectivity index (χ2v) is 5.74. The summed E-state index contributed by atoms with van der Waals surface area (Å²) in [4.78, 5) is 16.8. The van der Waals surface area contributed by atoms with Crippen molar-refractivity contribution in [3.05, 3.63) is 42.1 Å². The van der Waals surface area contributed by atoms with Gasteiger partial charge in [0.2, 0.25) is 0 Å². The molecular formula is C16H17N7O. The Balaban J connectivity index is 1.49. The van der Waals surface area contributed by atoms with Crippen molar-refractivity contribution in [1.82, 2.24) is 30.5 Å². The molecule has 0 spiro atoms. The molecule has 1 aromatic carbocycles. The highest BCUT2D eigenvalue weighted by Crippen LogP contribution is 2.16. The van der Waals surface area contributed by atoms with Crippen LogP contribution in [0.4, 0.5) is 5.82 Å². The predicted molar refractivity (Wildman–Crippen MR) is 88.7 cm³/mol. The van der Waals surface area contributed by atoms with Gasteiger partial charge in [0.1, 0.15) is 11.0 Å². The zero-order valence-corrected chi connectivity index (χ0v) is 13.1. The van der Waals surface area contributed by atoms with Crippen molar-refractivity contribution >= 4 is 22.8 Å². The first-order valence-electron chi connectivity index (χ1n) is 7.94. The van der Waals surface area contributed by atoms with E-state index in [1.807, 2.05) is 23.1 Å². The summed E-state index contributed by atoms with van der Waals surface area (Å²) in [5.74, 6) is 0.886. The molecular weight excluding hydrogens is 306 g/mol. The minimum Gasteiger partial charge on any atom is -0.353 e. The average Bonchev–Trinajstić information content (AvgIpc) is 2.96. The van der Waals surface area contributed by atoms with Gasteiger partial charge in [-0.2, -0.15) is 20.5 Å². The van der Waals surface area contributed by atoms with Gasteiger partial charge < -0.3 is 9.80 Å². The van der Waals surface area contributed by atoms with Gasteiger partial charge >= 0.3 is 0 Å². The number of nitrogens with zero attached hydrogens (tertiary/aromatic N) is 6. The van der Waals surface area contributed by atoms with Crippen molar-refractivity contribution in [3.63, 3.8) is 0 Å². The standard InChI is InChI=1S/C16H17N7O/c24-16(12-4-5-13-14(11-12)19-21-18-13)23-8-2-7-22(9-10-23)15-3-1-6-17-20-15/h1,3-6,11H,2,7-10H2,(H,18,19,21). The van der Waals surface area contributed by atoms with E-state index >= 15 is 0 Å². The third-order valence-corrected chi connectivity index (χ3v) is 4.23. The number of fused-ring (bicyclic) bond motifs is 1. The minimum atomic E-state index is 0.0286. The topological polar surface area (TPSA) is 90.9 Å². The van der Waals surface area contributed by atoms with Crippen molar-refractivity contribution in [1.29, 1.82) is 0 Å². The lowest BCUT2D eigenvalue weighted by molar-refractivity contribution is 0.0767. The van der Waals surface area contributed by atoms with Gasteiger partial charge in [-0.15, -0.1) is 5.10 Å². The van der Waals surface area contributed by atoms with Crippen molar-refractivity contribution in [2.24, 2.45) is 0 Å². The summed E-state index contributed by atoms with van der Waals surface area (Å²) < 4.78 is 0. The molecule has 1 amide bonds. The number of amides is 1. The third-order valence-electron chi connectivity index (χ3n) is 4.23. The highest BCUT2D eigenvalue weighted by atomic mass is 16.2. The molecule has 1 fully saturated rings. The van der Waals surface area contributed by atoms with E-state index in [9.17, 15) is 4.79 Å². The zero-order valence-electron chi connectivity index (χ0n) is 13.1. The number of hydrogen-bond acceptors (Lipinski definition) is 6. The Labute approximate surface area is 138 Å². The van der Waals surface area contributed by atoms with Crippen molar-refractivity contribution < 1.29 is 4.79 Å². The Hall–Kier alpha value is -3.03. The highest BCUT2D eigenvalue weighted by molar-refractivity contribution is 5.97. The molecule has 1 aliphatic heterocycles. The van der Waals surface area contributed by atoms with E-state index in [0.717, 1.165) is 37.4 Å². The molecule has 0 aliphatic carbocycles. The van der Waals surface area contributed by atoms with E-state index in [1.165, 1.54) is 0 Å². The summed E-state index contributed by atoms with van der Waals surface area (Å²) in [5.41, 5.74) is 2.11. The zero-order chi connectivity index (χ0) is 16.4. The number of nitrogens with one attached hydrogen (secondary N) is 1. The van der Waals surface area contributed by atoms with Crippen LogP contribution in [-0.4, -0.2) is 62.6 Å². The lowest BCUT2D eigenvalue weighted by atomic mass is 10.1. The van der Waals surface area contributed by atoms with Crippen molar-refractivity contribution in [2.75, 3.05) is 31.1 Å². The second-order valence-electron chi connectivity index (χ2n) is 5.74. The lowest BCUT2D eigenvalue weighted by Crippen LogP contribution is -2.35. The first-order valence-corrected chi connectivity index (χ1v) is 7.94. The SMILES string of the molecule is O=C(c1ccc2n[nH]nc2c1)N1CCCN(c2cccnn2)CC1. The number of carbonyl (C=O) groups excluding carboxylic acids is 1. The molecule has 0 bridgehead atoms. The first-order chi connectivity index (χ1) is 11.8. The number of carbonyl (C=O) groups is 1. The average molecular weight is 323 g/mol. The first kappa shape index (κ1) is 14.6. The van der Waals surface area contributed by atoms with E-state index in [4.69, 9.17) is 0 Å². The molecule has 122 valence electrons. The van der Waals surface area contributed by atoms with E-state index in [0.29, 0.717) is 17.6 Å². The maximum atomic E-state index is 12.8. The highest BCUT2D eigenvalue weighted by Gasteiger charge is 2.21. The Morgan fingerprint density at radius 1 is 1.04 bits per heavy atom. The molecule has 1 N–H and O–H groups in total. The molecule has 2 aromatic heterocycles. The Bertz CT molecular complexity index is 848. The van der Waals surface area contributed by atoms with Crippen LogP contribution in [0.15, 0.2) is 36.5 Å². The number of hydrogen-bond donors (Lipinski definition) is 1. The summed E-state index contributed by atoms with van der Waals surface area (Å²) in [6.07, 6.45) is 2.56. The number of aromatic amines is 1. The molecule has 8 nitrogen and oxygen atoms in total. The predicted octanol–water partition coefficient (Wildman–Crippen LogP) is 1.10. The van der Waals surface area contributed by atoms with E-state index in [2.05, 4.69) is 30.5 Å². The van der Waals surface area contributed by atoms with Crippen LogP contribution in [0.1, 0.15) is 16.8 Å². The maximum Gasteiger partial charge on any atom is 0.253 e. The van der Waals surface area contributed by atoms with Gasteiger partial charge in [-0.1, -0.05) is 0 Å². The van der Waals surface area contributed by atoms with Gasteiger partial charge in [-0.25, -0.2) is 0 Å². The maximum absolute atomic E-state index is 12.8. The summed E-state index contributed by atoms with van der Waals surface area (Å²) in [6.45, 7) is 3.00. The smallest absolute Gasteiger partial charge is 0.253 e. The molecule has 8 heteroatoms. The minimum absolute atomic E-state index is 0.0286. The van der Waals surface area contributed by atoms with Crippen LogP contribution in [0.2, 0.25) is 0 Å². The quantitative estimate of drug-likeness (QED) is 0.759. The van der Waals surface area contributed by atoms with E-state index in [-0.39, 0.29) is 5.91 Å². The number of rotatable bonds is 2. The van der Waals surface area contributed by atoms with Gasteiger partial charge in [0.15, 0.2) is 5.82 Å². The Kier molecular flexibility index (Phi) is 3.78. The van der Waals surface area contributed by atoms with Crippen molar-refractivity contribution in [2.45, 2.75) is 6.42 Å². The molecule has 1 saturated heterocycles. The normalized spacial score (nSPS) is 15.5. The van der Waals surface area contributed by atoms with Crippen LogP contribution >= 0.6 is 0 Å². The molecule has 0 saturated carbocycles. The van der Waals surface area contributed by atoms with Crippen LogP contribution in [-0.2, 0) is 0 Å². The van der Waals surface area contributed by atoms with E-state index < -0.39 is 0 Å². The molecule has 0 atom stereocenters. The molecule has 1 aliphatic rings. The molecule has 4 rings (SSSR count). The Morgan fingerprint density at radius 2 is 1.96 bits per heavy atom. The van der Waals surface area contributed by atoms with Gasteiger partial charge in [0, 0.05) is 37.9 Å². The van der Waals surface area contributed by atoms with Crippen LogP contribution < -0.4 is 4.90 Å². The van der Waals surface area contributed by atoms with Crippen LogP contribution in [0.25, 0.3) is 11.0 Å². The van der Waals surface area contributed by atoms with Crippen molar-refractivity contribution in [3.8, 4) is 0 Å². The van der Waals surface area contributed by atoms with Gasteiger partial charge in [0.05, 0.1) is 0 Å². The molecule has 0 unspecified atom stereocenters. The van der Waals surface area contributed by atoms with Gasteiger partial charge in [-0.3, -0.25) is 4.79 Å². The van der Waals surface area contributed by atoms with Crippen LogP contribution in [0.5, 0.6) is 0 Å². The monoisotopic (exact) mass is 323 g/mol. The van der Waals surface area contributed by atoms with Gasteiger partial charge in [-0.05, 0) is 36.8 Å². The number of anilines is 1. The summed E-state index contributed by atoms with van der Waals surface area (Å²) in [7, 11) is 0. The molecule has 3 aromatic rings. The fraction of sp³-hybridized carbons (Fsp3) is 0.312. The molecule has 3 heterocycles. The third kappa shape index (κ3) is 2.78. The summed E-state index contributed by atoms with van der Waals surface area (Å²) in [6, 6.07) is 9.23. The number of benzene rings is 1. The van der Waals surface area contributed by atoms with Gasteiger partial charge in [0.25, 0.3) is 5.91 Å². The largest absolute Gasteiger partial charge is 0.353 e. The van der Waals surface area contributed by atoms with Crippen LogP contribution in [0, 0.1) is 0 Å². The fourth-order valence-corrected chi connectivity index (χ4v) is 2.97. The second kappa shape index (κ2) is 6.23. The summed E-state index contributed by atoms with van der Waals surface area (Å²) >= 11 is 0. The number of H-pyrrole nitrogens is 1. The lowest BCUT2D eigenvalue weighted by Gasteiger charge is -2.22. The molecule has 24 heavy (non-hydrogen) atoms. The molecule has 0 radical (unpaired) electrons. The van der Waals surface area contributed by atoms with Crippen LogP contribution in [0.3, 0.4) is 0 Å². The fourth-order valence-electron chi connectivity index (χ4n) is 2.97.